The molecule has 144 heavy (non-hydrogen) atoms. The Labute approximate surface area is 834 Å². The summed E-state index contributed by atoms with van der Waals surface area (Å²) in [7, 11) is 0. The first-order valence-corrected chi connectivity index (χ1v) is 50.5. The van der Waals surface area contributed by atoms with E-state index in [9.17, 15) is 0 Å². The van der Waals surface area contributed by atoms with E-state index in [-0.39, 0.29) is 5.41 Å². The molecule has 7 heterocycles. The summed E-state index contributed by atoms with van der Waals surface area (Å²) in [6.45, 7) is 4.75. The summed E-state index contributed by atoms with van der Waals surface area (Å²) in [6, 6.07) is 187. The number of para-hydroxylation sites is 9. The van der Waals surface area contributed by atoms with Gasteiger partial charge in [0.25, 0.3) is 0 Å². The molecule has 0 bridgehead atoms. The van der Waals surface area contributed by atoms with Crippen molar-refractivity contribution in [1.29, 1.82) is 0 Å². The lowest BCUT2D eigenvalue weighted by Gasteiger charge is -2.22. The SMILES string of the molecule is CC1(C)c2cc(-n3c4ccccc4c4cc(-c5ccc6c(c5)c5ccccc5n6-c5ccccc5)ccc43)ccc2-c2cc3ccccc3cc21.c1ccc(-n2c3ccccc3c3cc(-c4ccc5c(c4)c4cc(-c6ccc7c(c6)sc6ccccc67)ccc4n5-c4ccccc4)ccc32)cc1.c1ccc(-n2c3ccccc3c3cc(-c4ccc5c(c4)c4ccccc4n5-c4ccc5ccccc5c4)ccc32)cc1. The standard InChI is InChI=1S/C49H34N2.C48H30N2S.C40H26N2/c1-49(2)43-29-32-13-7-6-12-31(32)26-40(43)37-23-22-36(30-44(37)49)51-46-19-11-9-17-39(46)42-28-34(21-25-48(42)51)33-20-24-47-41(27-33)38-16-8-10-18-45(38)50(47)35-14-4-3-5-15-35;1-3-11-35(12-4-1)49-43-17-9-7-15-37(43)40-27-31(20-24-44(40)49)32-21-25-45-41(28-32)42-29-33(22-26-46(42)50(45)36-13-5-2-6-14-36)34-19-23-39-38-16-8-10-18-47(38)51-48(39)30-34;1-2-12-31(13-3-1)41-37-16-8-6-14-33(37)35-25-29(19-22-39(35)41)30-20-23-40-36(26-30)34-15-7-9-17-38(34)42(40)32-21-18-27-10-4-5-11-28(27)24-32/h3-30H,1-2H3;1-30H;1-26H. The molecule has 30 aromatic rings. The molecule has 0 saturated heterocycles. The van der Waals surface area contributed by atoms with Crippen LogP contribution in [0.25, 0.3) is 262 Å². The van der Waals surface area contributed by atoms with E-state index in [1.807, 2.05) is 11.3 Å². The molecule has 0 atom stereocenters. The Morgan fingerprint density at radius 2 is 0.396 bits per heavy atom. The maximum Gasteiger partial charge on any atom is 0.0541 e. The molecule has 7 aromatic heterocycles. The van der Waals surface area contributed by atoms with Gasteiger partial charge in [0.05, 0.1) is 66.2 Å². The van der Waals surface area contributed by atoms with Crippen LogP contribution < -0.4 is 0 Å². The van der Waals surface area contributed by atoms with Gasteiger partial charge in [0, 0.05) is 124 Å². The molecule has 0 unspecified atom stereocenters. The molecule has 31 rings (SSSR count). The third-order valence-corrected chi connectivity index (χ3v) is 31.8. The van der Waals surface area contributed by atoms with Crippen LogP contribution in [0.1, 0.15) is 25.0 Å². The van der Waals surface area contributed by atoms with Gasteiger partial charge in [-0.25, -0.2) is 0 Å². The minimum Gasteiger partial charge on any atom is -0.309 e. The van der Waals surface area contributed by atoms with Crippen LogP contribution >= 0.6 is 11.3 Å². The van der Waals surface area contributed by atoms with Crippen molar-refractivity contribution in [1.82, 2.24) is 27.4 Å². The largest absolute Gasteiger partial charge is 0.309 e. The highest BCUT2D eigenvalue weighted by Gasteiger charge is 2.37. The Morgan fingerprint density at radius 1 is 0.146 bits per heavy atom. The minimum atomic E-state index is -0.0983. The summed E-state index contributed by atoms with van der Waals surface area (Å²) in [5.41, 5.74) is 36.9. The van der Waals surface area contributed by atoms with E-state index >= 15 is 0 Å². The number of rotatable bonds is 10. The third-order valence-electron chi connectivity index (χ3n) is 30.7. The van der Waals surface area contributed by atoms with Crippen LogP contribution in [-0.2, 0) is 5.41 Å². The van der Waals surface area contributed by atoms with Gasteiger partial charge in [-0.15, -0.1) is 11.3 Å². The van der Waals surface area contributed by atoms with Gasteiger partial charge in [0.2, 0.25) is 0 Å². The first kappa shape index (κ1) is 82.7. The number of hydrogen-bond acceptors (Lipinski definition) is 1. The second kappa shape index (κ2) is 32.9. The predicted molar refractivity (Wildman–Crippen MR) is 613 cm³/mol. The monoisotopic (exact) mass is 1850 g/mol. The molecule has 0 saturated carbocycles. The highest BCUT2D eigenvalue weighted by Crippen LogP contribution is 2.53. The Kier molecular flexibility index (Phi) is 18.9. The molecule has 7 heteroatoms. The number of fused-ring (bicyclic) bond motifs is 26. The lowest BCUT2D eigenvalue weighted by molar-refractivity contribution is 0.660. The van der Waals surface area contributed by atoms with Gasteiger partial charge in [-0.2, -0.15) is 0 Å². The number of aromatic nitrogens is 6. The predicted octanol–water partition coefficient (Wildman–Crippen LogP) is 37.3. The molecular formula is C137H90N6S. The van der Waals surface area contributed by atoms with Gasteiger partial charge in [0.15, 0.2) is 0 Å². The van der Waals surface area contributed by atoms with Crippen molar-refractivity contribution in [3.05, 3.63) is 521 Å². The molecule has 6 nitrogen and oxygen atoms in total. The number of benzene rings is 23. The zero-order valence-corrected chi connectivity index (χ0v) is 79.9. The maximum absolute atomic E-state index is 2.46. The third kappa shape index (κ3) is 13.2. The van der Waals surface area contributed by atoms with E-state index in [4.69, 9.17) is 0 Å². The van der Waals surface area contributed by atoms with Gasteiger partial charge in [-0.3, -0.25) is 0 Å². The summed E-state index contributed by atoms with van der Waals surface area (Å²) in [6.07, 6.45) is 0. The Morgan fingerprint density at radius 3 is 0.764 bits per heavy atom. The van der Waals surface area contributed by atoms with E-state index in [1.54, 1.807) is 0 Å². The average molecular weight is 1850 g/mol. The first-order valence-electron chi connectivity index (χ1n) is 49.7. The van der Waals surface area contributed by atoms with E-state index < -0.39 is 0 Å². The minimum absolute atomic E-state index is 0.0983. The van der Waals surface area contributed by atoms with Crippen LogP contribution in [0, 0.1) is 0 Å². The summed E-state index contributed by atoms with van der Waals surface area (Å²) in [4.78, 5) is 0. The molecule has 0 radical (unpaired) electrons. The van der Waals surface area contributed by atoms with Crippen LogP contribution in [0.15, 0.2) is 510 Å². The van der Waals surface area contributed by atoms with Crippen LogP contribution in [0.3, 0.4) is 0 Å². The van der Waals surface area contributed by atoms with Crippen LogP contribution in [0.5, 0.6) is 0 Å². The highest BCUT2D eigenvalue weighted by atomic mass is 32.1. The fourth-order valence-electron chi connectivity index (χ4n) is 23.9. The van der Waals surface area contributed by atoms with E-state index in [0.29, 0.717) is 0 Å². The maximum atomic E-state index is 2.46. The van der Waals surface area contributed by atoms with Crippen molar-refractivity contribution >= 4 is 184 Å². The molecule has 1 aliphatic rings. The summed E-state index contributed by atoms with van der Waals surface area (Å²) in [5, 5.41) is 22.9. The Hall–Kier alpha value is -18.4. The summed E-state index contributed by atoms with van der Waals surface area (Å²) in [5.74, 6) is 0. The van der Waals surface area contributed by atoms with Crippen LogP contribution in [0.2, 0.25) is 0 Å². The molecule has 0 N–H and O–H groups in total. The topological polar surface area (TPSA) is 29.6 Å². The van der Waals surface area contributed by atoms with Crippen LogP contribution in [-0.4, -0.2) is 27.4 Å². The van der Waals surface area contributed by atoms with Crippen molar-refractivity contribution in [2.75, 3.05) is 0 Å². The molecule has 0 aliphatic heterocycles. The number of nitrogens with zero attached hydrogens (tertiary/aromatic N) is 6. The number of thiophene rings is 1. The second-order valence-corrected chi connectivity index (χ2v) is 40.1. The van der Waals surface area contributed by atoms with Crippen molar-refractivity contribution in [2.24, 2.45) is 0 Å². The van der Waals surface area contributed by atoms with E-state index in [2.05, 4.69) is 551 Å². The quantitative estimate of drug-likeness (QED) is 0.131. The van der Waals surface area contributed by atoms with Crippen molar-refractivity contribution in [3.63, 3.8) is 0 Å². The number of hydrogen-bond donors (Lipinski definition) is 0. The summed E-state index contributed by atoms with van der Waals surface area (Å²) >= 11 is 1.87. The van der Waals surface area contributed by atoms with Crippen LogP contribution in [0.4, 0.5) is 0 Å². The Balaban J connectivity index is 0.000000103. The smallest absolute Gasteiger partial charge is 0.0541 e. The molecule has 0 amide bonds. The van der Waals surface area contributed by atoms with E-state index in [1.165, 1.54) is 273 Å². The summed E-state index contributed by atoms with van der Waals surface area (Å²) < 4.78 is 17.1. The second-order valence-electron chi connectivity index (χ2n) is 39.0. The first-order chi connectivity index (χ1) is 71.2. The van der Waals surface area contributed by atoms with Gasteiger partial charge >= 0.3 is 0 Å². The zero-order valence-electron chi connectivity index (χ0n) is 79.1. The fourth-order valence-corrected chi connectivity index (χ4v) is 25.0. The molecule has 1 aliphatic carbocycles. The Bertz CT molecular complexity index is 10500. The van der Waals surface area contributed by atoms with Crippen molar-refractivity contribution in [2.45, 2.75) is 19.3 Å². The molecule has 23 aromatic carbocycles. The highest BCUT2D eigenvalue weighted by molar-refractivity contribution is 7.25. The normalized spacial score (nSPS) is 12.4. The zero-order chi connectivity index (χ0) is 94.9. The van der Waals surface area contributed by atoms with Gasteiger partial charge < -0.3 is 27.4 Å². The molecule has 0 fully saturated rings. The fraction of sp³-hybridized carbons (Fsp3) is 0.0219. The molecule has 0 spiro atoms. The average Bonchev–Trinajstić information content (AvgIpc) is 1.55. The van der Waals surface area contributed by atoms with E-state index in [0.717, 1.165) is 0 Å². The van der Waals surface area contributed by atoms with Gasteiger partial charge in [-0.05, 0) is 301 Å². The van der Waals surface area contributed by atoms with Gasteiger partial charge in [-0.1, -0.05) is 311 Å². The van der Waals surface area contributed by atoms with Crippen molar-refractivity contribution in [3.8, 4) is 89.8 Å². The molecule has 674 valence electrons. The van der Waals surface area contributed by atoms with Crippen molar-refractivity contribution < 1.29 is 0 Å². The lowest BCUT2D eigenvalue weighted by atomic mass is 9.81. The molecular weight excluding hydrogens is 1760 g/mol. The van der Waals surface area contributed by atoms with Gasteiger partial charge in [0.1, 0.15) is 0 Å². The lowest BCUT2D eigenvalue weighted by Crippen LogP contribution is -2.15.